The first-order valence-corrected chi connectivity index (χ1v) is 14.8. The monoisotopic (exact) mass is 564 g/mol. The smallest absolute Gasteiger partial charge is 0.302 e. The van der Waals surface area contributed by atoms with Crippen molar-refractivity contribution in [1.82, 2.24) is 16.0 Å². The van der Waals surface area contributed by atoms with E-state index in [1.807, 2.05) is 17.2 Å². The SMILES string of the molecule is CCCCCCCCCCCCCCCCNC(=O)CC(C(C)=O)C(=S)NCC(=O)NC(=O)C#CC(=O)CN. The van der Waals surface area contributed by atoms with Crippen molar-refractivity contribution in [2.75, 3.05) is 19.6 Å². The lowest BCUT2D eigenvalue weighted by Crippen LogP contribution is -2.43. The van der Waals surface area contributed by atoms with Gasteiger partial charge in [0.15, 0.2) is 0 Å². The highest BCUT2D eigenvalue weighted by Crippen LogP contribution is 2.13. The predicted octanol–water partition coefficient (Wildman–Crippen LogP) is 3.27. The molecule has 0 heterocycles. The van der Waals surface area contributed by atoms with Crippen LogP contribution in [0.3, 0.4) is 0 Å². The normalized spacial score (nSPS) is 11.1. The van der Waals surface area contributed by atoms with Crippen LogP contribution in [0, 0.1) is 17.8 Å². The highest BCUT2D eigenvalue weighted by Gasteiger charge is 2.23. The van der Waals surface area contributed by atoms with Crippen molar-refractivity contribution in [1.29, 1.82) is 0 Å². The van der Waals surface area contributed by atoms with E-state index < -0.39 is 23.5 Å². The molecule has 3 amide bonds. The summed E-state index contributed by atoms with van der Waals surface area (Å²) in [4.78, 5) is 58.7. The Morgan fingerprint density at radius 2 is 1.26 bits per heavy atom. The summed E-state index contributed by atoms with van der Waals surface area (Å²) in [6.07, 6.45) is 17.6. The van der Waals surface area contributed by atoms with Gasteiger partial charge in [-0.1, -0.05) is 103 Å². The number of amides is 3. The number of thiocarbonyl (C=S) groups is 1. The number of ketones is 2. The van der Waals surface area contributed by atoms with Gasteiger partial charge < -0.3 is 16.4 Å². The quantitative estimate of drug-likeness (QED) is 0.0678. The third kappa shape index (κ3) is 21.9. The largest absolute Gasteiger partial charge is 0.370 e. The molecule has 0 bridgehead atoms. The van der Waals surface area contributed by atoms with Gasteiger partial charge in [-0.15, -0.1) is 0 Å². The van der Waals surface area contributed by atoms with E-state index in [1.165, 1.54) is 77.6 Å². The standard InChI is InChI=1S/C29H48N4O5S/c1-3-4-5-6-7-8-9-10-11-12-13-14-15-16-19-31-27(37)20-25(23(2)34)29(39)32-22-28(38)33-26(36)18-17-24(35)21-30/h25H,3-16,19-22,30H2,1-2H3,(H,31,37)(H,32,39)(H,33,36,38). The number of nitrogens with one attached hydrogen (secondary N) is 3. The van der Waals surface area contributed by atoms with Crippen molar-refractivity contribution in [3.05, 3.63) is 0 Å². The summed E-state index contributed by atoms with van der Waals surface area (Å²) in [6.45, 7) is 3.40. The lowest BCUT2D eigenvalue weighted by atomic mass is 10.0. The Kier molecular flexibility index (Phi) is 22.8. The molecule has 0 aromatic carbocycles. The van der Waals surface area contributed by atoms with Crippen LogP contribution in [0.2, 0.25) is 0 Å². The maximum atomic E-state index is 12.3. The number of carbonyl (C=O) groups is 5. The molecule has 0 fully saturated rings. The first kappa shape index (κ1) is 36.4. The van der Waals surface area contributed by atoms with Crippen LogP contribution in [-0.2, 0) is 24.0 Å². The molecule has 0 spiro atoms. The van der Waals surface area contributed by atoms with Gasteiger partial charge in [0.25, 0.3) is 0 Å². The molecule has 0 aromatic heterocycles. The molecular formula is C29H48N4O5S. The first-order valence-electron chi connectivity index (χ1n) is 14.3. The van der Waals surface area contributed by atoms with Crippen molar-refractivity contribution in [3.63, 3.8) is 0 Å². The number of carbonyl (C=O) groups excluding carboxylic acids is 5. The highest BCUT2D eigenvalue weighted by atomic mass is 32.1. The topological polar surface area (TPSA) is 147 Å². The van der Waals surface area contributed by atoms with Crippen molar-refractivity contribution >= 4 is 46.5 Å². The molecule has 1 unspecified atom stereocenters. The molecular weight excluding hydrogens is 516 g/mol. The van der Waals surface area contributed by atoms with Crippen LogP contribution >= 0.6 is 12.2 Å². The number of rotatable bonds is 22. The Hall–Kier alpha value is -2.64. The van der Waals surface area contributed by atoms with Crippen molar-refractivity contribution in [3.8, 4) is 11.8 Å². The number of Topliss-reactive ketones (excluding diaryl/α,β-unsaturated/α-hetero) is 2. The van der Waals surface area contributed by atoms with E-state index in [4.69, 9.17) is 18.0 Å². The average Bonchev–Trinajstić information content (AvgIpc) is 2.90. The fourth-order valence-electron chi connectivity index (χ4n) is 3.90. The third-order valence-electron chi connectivity index (χ3n) is 6.23. The van der Waals surface area contributed by atoms with E-state index in [0.717, 1.165) is 19.3 Å². The molecule has 10 heteroatoms. The maximum Gasteiger partial charge on any atom is 0.302 e. The van der Waals surface area contributed by atoms with Gasteiger partial charge in [-0.25, -0.2) is 0 Å². The fraction of sp³-hybridized carbons (Fsp3) is 0.724. The number of hydrogen-bond acceptors (Lipinski definition) is 7. The van der Waals surface area contributed by atoms with Crippen molar-refractivity contribution in [2.45, 2.75) is 110 Å². The molecule has 9 nitrogen and oxygen atoms in total. The molecule has 0 rings (SSSR count). The van der Waals surface area contributed by atoms with Crippen LogP contribution in [0.5, 0.6) is 0 Å². The second-order valence-electron chi connectivity index (χ2n) is 9.79. The minimum Gasteiger partial charge on any atom is -0.370 e. The van der Waals surface area contributed by atoms with Gasteiger partial charge in [-0.2, -0.15) is 0 Å². The molecule has 1 atom stereocenters. The Bertz CT molecular complexity index is 850. The van der Waals surface area contributed by atoms with Crippen molar-refractivity contribution < 1.29 is 24.0 Å². The minimum absolute atomic E-state index is 0.0427. The molecule has 220 valence electrons. The summed E-state index contributed by atoms with van der Waals surface area (Å²) >= 11 is 5.19. The minimum atomic E-state index is -0.958. The van der Waals surface area contributed by atoms with E-state index >= 15 is 0 Å². The predicted molar refractivity (Wildman–Crippen MR) is 158 cm³/mol. The number of nitrogens with two attached hydrogens (primary N) is 1. The van der Waals surface area contributed by atoms with Crippen molar-refractivity contribution in [2.24, 2.45) is 11.7 Å². The molecule has 0 aliphatic carbocycles. The molecule has 0 aliphatic rings. The van der Waals surface area contributed by atoms with E-state index in [2.05, 4.69) is 17.6 Å². The summed E-state index contributed by atoms with van der Waals surface area (Å²) in [5, 5.41) is 7.40. The summed E-state index contributed by atoms with van der Waals surface area (Å²) in [5.41, 5.74) is 5.08. The molecule has 0 aromatic rings. The lowest BCUT2D eigenvalue weighted by Gasteiger charge is -2.16. The van der Waals surface area contributed by atoms with Crippen LogP contribution in [-0.4, -0.2) is 53.9 Å². The van der Waals surface area contributed by atoms with Crippen LogP contribution in [0.1, 0.15) is 110 Å². The number of hydrogen-bond donors (Lipinski definition) is 4. The Morgan fingerprint density at radius 1 is 0.744 bits per heavy atom. The summed E-state index contributed by atoms with van der Waals surface area (Å²) in [6, 6.07) is 0. The zero-order valence-electron chi connectivity index (χ0n) is 23.8. The van der Waals surface area contributed by atoms with Crippen LogP contribution in [0.25, 0.3) is 0 Å². The van der Waals surface area contributed by atoms with Gasteiger partial charge in [-0.3, -0.25) is 29.3 Å². The Balaban J connectivity index is 3.99. The Labute approximate surface area is 239 Å². The molecule has 0 saturated heterocycles. The van der Waals surface area contributed by atoms with E-state index in [-0.39, 0.29) is 36.2 Å². The van der Waals surface area contributed by atoms with Gasteiger partial charge in [0.05, 0.1) is 24.0 Å². The van der Waals surface area contributed by atoms with E-state index in [1.54, 1.807) is 0 Å². The van der Waals surface area contributed by atoms with Gasteiger partial charge in [0.2, 0.25) is 17.6 Å². The van der Waals surface area contributed by atoms with Crippen LogP contribution < -0.4 is 21.7 Å². The molecule has 39 heavy (non-hydrogen) atoms. The van der Waals surface area contributed by atoms with Gasteiger partial charge in [-0.05, 0) is 19.3 Å². The second kappa shape index (κ2) is 24.4. The first-order chi connectivity index (χ1) is 18.7. The summed E-state index contributed by atoms with van der Waals surface area (Å²) < 4.78 is 0. The zero-order chi connectivity index (χ0) is 29.3. The van der Waals surface area contributed by atoms with Crippen LogP contribution in [0.15, 0.2) is 0 Å². The lowest BCUT2D eigenvalue weighted by molar-refractivity contribution is -0.127. The molecule has 0 aliphatic heterocycles. The average molecular weight is 565 g/mol. The Morgan fingerprint density at radius 3 is 1.74 bits per heavy atom. The highest BCUT2D eigenvalue weighted by molar-refractivity contribution is 7.80. The van der Waals surface area contributed by atoms with Gasteiger partial charge in [0.1, 0.15) is 5.78 Å². The van der Waals surface area contributed by atoms with E-state index in [0.29, 0.717) is 6.54 Å². The zero-order valence-corrected chi connectivity index (χ0v) is 24.6. The van der Waals surface area contributed by atoms with Gasteiger partial charge in [0, 0.05) is 18.9 Å². The van der Waals surface area contributed by atoms with Crippen LogP contribution in [0.4, 0.5) is 0 Å². The number of imide groups is 1. The van der Waals surface area contributed by atoms with Gasteiger partial charge >= 0.3 is 5.91 Å². The summed E-state index contributed by atoms with van der Waals surface area (Å²) in [5.74, 6) is 0.143. The second-order valence-corrected chi connectivity index (χ2v) is 10.2. The summed E-state index contributed by atoms with van der Waals surface area (Å²) in [7, 11) is 0. The molecule has 5 N–H and O–H groups in total. The van der Waals surface area contributed by atoms with E-state index in [9.17, 15) is 24.0 Å². The molecule has 0 radical (unpaired) electrons. The third-order valence-corrected chi connectivity index (χ3v) is 6.66. The fourth-order valence-corrected chi connectivity index (χ4v) is 4.22. The molecule has 0 saturated carbocycles. The number of unbranched alkanes of at least 4 members (excludes halogenated alkanes) is 13. The maximum absolute atomic E-state index is 12.3.